The number of amides is 11. The number of nitrogens with two attached hydrogens (primary N) is 8. The van der Waals surface area contributed by atoms with Crippen molar-refractivity contribution in [2.45, 2.75) is 242 Å². The molecule has 0 spiro atoms. The first-order chi connectivity index (χ1) is 54.3. The molecule has 0 fully saturated rings. The molecule has 32 heteroatoms. The maximum absolute atomic E-state index is 15.4. The molecule has 6 rings (SSSR count). The fraction of sp³-hybridized carbons (Fsp3) is 0.568. The number of carbonyl (C=O) groups is 11. The van der Waals surface area contributed by atoms with E-state index in [1.165, 1.54) is 0 Å². The summed E-state index contributed by atoms with van der Waals surface area (Å²) in [6.07, 6.45) is 11.3. The van der Waals surface area contributed by atoms with Gasteiger partial charge in [0.15, 0.2) is 0 Å². The highest BCUT2D eigenvalue weighted by molar-refractivity contribution is 6.00. The van der Waals surface area contributed by atoms with E-state index in [9.17, 15) is 24.0 Å². The maximum atomic E-state index is 15.4. The van der Waals surface area contributed by atoms with Gasteiger partial charge in [0.2, 0.25) is 65.0 Å². The normalized spacial score (nSPS) is 14.5. The lowest BCUT2D eigenvalue weighted by Gasteiger charge is -2.29. The van der Waals surface area contributed by atoms with Gasteiger partial charge in [-0.1, -0.05) is 88.7 Å². The Hall–Kier alpha value is -9.83. The van der Waals surface area contributed by atoms with Crippen molar-refractivity contribution in [3.8, 4) is 0 Å². The zero-order valence-electron chi connectivity index (χ0n) is 66.3. The van der Waals surface area contributed by atoms with Crippen LogP contribution in [0.1, 0.15) is 173 Å². The van der Waals surface area contributed by atoms with Crippen LogP contribution in [0, 0.1) is 11.8 Å². The van der Waals surface area contributed by atoms with Crippen molar-refractivity contribution < 1.29 is 52.7 Å². The van der Waals surface area contributed by atoms with Crippen LogP contribution in [0.15, 0.2) is 91.4 Å². The highest BCUT2D eigenvalue weighted by atomic mass is 16.2. The first-order valence-corrected chi connectivity index (χ1v) is 40.3. The summed E-state index contributed by atoms with van der Waals surface area (Å²) in [6.45, 7) is 9.25. The van der Waals surface area contributed by atoms with Crippen molar-refractivity contribution in [1.82, 2.24) is 68.1 Å². The standard InChI is InChI=1S/C81H127N21O11/c1-49(2)41-66(98-72(104)57(88)26-11-17-35-82)78(110)102-69(44-52-47-91-59-28-9-6-24-55(52)59)80(112)97-63(32-14-20-38-85)74(106)94-64(33-15-21-39-86)75(107)100-68(43-51-46-90-58-27-8-5-23-54(51)58)79(111)96-62(31-13-19-37-84)73(105)95-65(34-16-22-40-87)76(108)101-70(45-53-48-92-60-29-10-7-25-56(53)60)81(113)99-67(42-50(3)4)77(109)93-61(71(89)103)30-12-18-36-83/h5-10,23-25,27-29,46-50,57,61-70,90-92H,11-22,26,30-45,82-88H2,1-4H3,(H2,89,103)(H,93,109)(H,94,106)(H,95,105)(H,96,111)(H,97,112)(H,98,104)(H,99,113)(H,100,107)(H,101,108)(H,102,110)/t57-,61-,62-,63-,64-,65-,66-,67-,68-,69-,70-/m0/s1. The monoisotopic (exact) mass is 1570 g/mol. The Bertz CT molecular complexity index is 4010. The summed E-state index contributed by atoms with van der Waals surface area (Å²) >= 11 is 0. The topological polar surface area (TPSA) is 564 Å². The third kappa shape index (κ3) is 30.2. The number of fused-ring (bicyclic) bond motifs is 3. The summed E-state index contributed by atoms with van der Waals surface area (Å²) in [7, 11) is 0. The average Bonchev–Trinajstić information content (AvgIpc) is 1.72. The van der Waals surface area contributed by atoms with Crippen LogP contribution in [0.4, 0.5) is 0 Å². The van der Waals surface area contributed by atoms with Crippen molar-refractivity contribution in [3.63, 3.8) is 0 Å². The summed E-state index contributed by atoms with van der Waals surface area (Å²) in [5.74, 6) is -8.23. The Morgan fingerprint density at radius 2 is 0.513 bits per heavy atom. The summed E-state index contributed by atoms with van der Waals surface area (Å²) in [5, 5.41) is 30.9. The van der Waals surface area contributed by atoms with Crippen molar-refractivity contribution >= 4 is 97.7 Å². The zero-order chi connectivity index (χ0) is 82.4. The molecule has 0 aliphatic carbocycles. The minimum Gasteiger partial charge on any atom is -0.368 e. The first-order valence-electron chi connectivity index (χ1n) is 40.3. The van der Waals surface area contributed by atoms with Crippen molar-refractivity contribution in [1.29, 1.82) is 0 Å². The molecule has 0 radical (unpaired) electrons. The molecular weight excluding hydrogens is 1440 g/mol. The first kappa shape index (κ1) is 92.0. The number of H-pyrrole nitrogens is 3. The number of aromatic amines is 3. The number of benzene rings is 3. The second-order valence-electron chi connectivity index (χ2n) is 30.3. The molecule has 3 heterocycles. The van der Waals surface area contributed by atoms with Crippen LogP contribution in [0.25, 0.3) is 32.7 Å². The minimum absolute atomic E-state index is 0.00924. The summed E-state index contributed by atoms with van der Waals surface area (Å²) < 4.78 is 0. The second-order valence-corrected chi connectivity index (χ2v) is 30.3. The number of hydrogen-bond acceptors (Lipinski definition) is 18. The van der Waals surface area contributed by atoms with Gasteiger partial charge < -0.3 is 114 Å². The van der Waals surface area contributed by atoms with Crippen LogP contribution in [0.3, 0.4) is 0 Å². The lowest BCUT2D eigenvalue weighted by molar-refractivity contribution is -0.136. The predicted octanol–water partition coefficient (Wildman–Crippen LogP) is 1.69. The lowest BCUT2D eigenvalue weighted by Crippen LogP contribution is -2.61. The Balaban J connectivity index is 1.31. The lowest BCUT2D eigenvalue weighted by atomic mass is 9.99. The van der Waals surface area contributed by atoms with Crippen LogP contribution < -0.4 is 99.0 Å². The van der Waals surface area contributed by atoms with Gasteiger partial charge in [0, 0.05) is 70.6 Å². The summed E-state index contributed by atoms with van der Waals surface area (Å²) in [5.41, 5.74) is 51.6. The van der Waals surface area contributed by atoms with E-state index in [1.54, 1.807) is 18.6 Å². The number of para-hydroxylation sites is 3. The van der Waals surface area contributed by atoms with E-state index < -0.39 is 131 Å². The number of unbranched alkanes of at least 4 members (excludes halogenated alkanes) is 6. The fourth-order valence-corrected chi connectivity index (χ4v) is 13.8. The SMILES string of the molecule is CC(C)C[C@H](NC(=O)[C@H](Cc1c[nH]c2ccccc12)NC(=O)[C@H](CCCCN)NC(=O)[C@H](CCCCN)NC(=O)[C@H](Cc1c[nH]c2ccccc12)NC(=O)[C@H](CCCCN)NC(=O)[C@H](CCCCN)NC(=O)[C@H](Cc1c[nH]c2ccccc12)NC(=O)[C@H](CC(C)C)NC(=O)[C@@H](N)CCCCN)C(=O)N[C@@H](CCCCN)C(N)=O. The van der Waals surface area contributed by atoms with E-state index >= 15 is 28.8 Å². The molecule has 0 saturated carbocycles. The van der Waals surface area contributed by atoms with Crippen molar-refractivity contribution in [2.75, 3.05) is 39.3 Å². The quantitative estimate of drug-likeness (QED) is 0.0242. The average molecular weight is 1570 g/mol. The van der Waals surface area contributed by atoms with Gasteiger partial charge in [-0.25, -0.2) is 0 Å². The van der Waals surface area contributed by atoms with Gasteiger partial charge in [-0.05, 0) is 208 Å². The van der Waals surface area contributed by atoms with E-state index in [2.05, 4.69) is 68.1 Å². The predicted molar refractivity (Wildman–Crippen MR) is 439 cm³/mol. The molecule has 0 saturated heterocycles. The van der Waals surface area contributed by atoms with Gasteiger partial charge in [0.25, 0.3) is 0 Å². The Morgan fingerprint density at radius 1 is 0.292 bits per heavy atom. The molecule has 113 heavy (non-hydrogen) atoms. The molecule has 622 valence electrons. The van der Waals surface area contributed by atoms with Crippen LogP contribution in [-0.4, -0.2) is 186 Å². The third-order valence-corrected chi connectivity index (χ3v) is 20.1. The maximum Gasteiger partial charge on any atom is 0.243 e. The molecule has 32 nitrogen and oxygen atoms in total. The molecule has 0 aliphatic rings. The van der Waals surface area contributed by atoms with Gasteiger partial charge in [0.05, 0.1) is 6.04 Å². The van der Waals surface area contributed by atoms with Gasteiger partial charge in [0.1, 0.15) is 60.4 Å². The van der Waals surface area contributed by atoms with Crippen molar-refractivity contribution in [2.24, 2.45) is 57.7 Å². The number of aromatic nitrogens is 3. The van der Waals surface area contributed by atoms with Crippen LogP contribution in [-0.2, 0) is 72.0 Å². The van der Waals surface area contributed by atoms with Crippen molar-refractivity contribution in [3.05, 3.63) is 108 Å². The molecule has 3 aromatic carbocycles. The van der Waals surface area contributed by atoms with Crippen LogP contribution in [0.5, 0.6) is 0 Å². The minimum atomic E-state index is -1.45. The molecule has 3 aromatic heterocycles. The molecular formula is C81H127N21O11. The Kier molecular flexibility index (Phi) is 39.9. The molecule has 6 aromatic rings. The largest absolute Gasteiger partial charge is 0.368 e. The molecule has 29 N–H and O–H groups in total. The highest BCUT2D eigenvalue weighted by Crippen LogP contribution is 2.24. The molecule has 0 aliphatic heterocycles. The zero-order valence-corrected chi connectivity index (χ0v) is 66.3. The number of primary amides is 1. The number of carbonyl (C=O) groups excluding carboxylic acids is 11. The van der Waals surface area contributed by atoms with Gasteiger partial charge >= 0.3 is 0 Å². The fourth-order valence-electron chi connectivity index (χ4n) is 13.8. The number of hydrogen-bond donors (Lipinski definition) is 21. The Morgan fingerprint density at radius 3 is 0.788 bits per heavy atom. The highest BCUT2D eigenvalue weighted by Gasteiger charge is 2.38. The van der Waals surface area contributed by atoms with E-state index in [4.69, 9.17) is 45.9 Å². The molecule has 11 atom stereocenters. The molecule has 0 bridgehead atoms. The van der Waals surface area contributed by atoms with Gasteiger partial charge in [-0.3, -0.25) is 52.7 Å². The van der Waals surface area contributed by atoms with Gasteiger partial charge in [-0.15, -0.1) is 0 Å². The van der Waals surface area contributed by atoms with Gasteiger partial charge in [-0.2, -0.15) is 0 Å². The summed E-state index contributed by atoms with van der Waals surface area (Å²) in [4.78, 5) is 170. The molecule has 0 unspecified atom stereocenters. The van der Waals surface area contributed by atoms with E-state index in [0.717, 1.165) is 32.7 Å². The summed E-state index contributed by atoms with van der Waals surface area (Å²) in [6, 6.07) is 8.38. The van der Waals surface area contributed by atoms with Crippen LogP contribution in [0.2, 0.25) is 0 Å². The van der Waals surface area contributed by atoms with E-state index in [-0.39, 0.29) is 102 Å². The smallest absolute Gasteiger partial charge is 0.243 e. The number of rotatable bonds is 55. The third-order valence-electron chi connectivity index (χ3n) is 20.1. The van der Waals surface area contributed by atoms with E-state index in [0.29, 0.717) is 113 Å². The number of nitrogens with one attached hydrogen (secondary N) is 13. The molecule has 11 amide bonds. The Labute approximate surface area is 662 Å². The van der Waals surface area contributed by atoms with E-state index in [1.807, 2.05) is 100 Å². The van der Waals surface area contributed by atoms with Crippen LogP contribution >= 0.6 is 0 Å². The second kappa shape index (κ2) is 48.9.